The van der Waals surface area contributed by atoms with E-state index in [2.05, 4.69) is 158 Å². The largest absolute Gasteiger partial charge is 0.412 e. The van der Waals surface area contributed by atoms with Crippen LogP contribution in [0.2, 0.25) is 0 Å². The van der Waals surface area contributed by atoms with Gasteiger partial charge in [0.05, 0.1) is 0 Å². The first kappa shape index (κ1) is 41.7. The first-order valence-corrected chi connectivity index (χ1v) is 18.4. The molecule has 6 N–H and O–H groups in total. The standard InChI is InChI=1S/C42H40N4.2C3H6O.H2O/c1-39(2)31-17-21-35(43-31)41(5,27-25-29-13-9-7-10-14-29)37-23-19-33(45-37)40(3,4)34-20-24-38(46-34)42(6,36-22-18-32(39)44-36)28-26-30-15-11-8-12-16-30;2*1-3(2)4;/h7-24,43-46H,1-6H3;2*1-2H3;1H2. The highest BCUT2D eigenvalue weighted by molar-refractivity contribution is 5.72. The second-order valence-electron chi connectivity index (χ2n) is 15.7. The summed E-state index contributed by atoms with van der Waals surface area (Å²) < 4.78 is 0. The summed E-state index contributed by atoms with van der Waals surface area (Å²) in [6.45, 7) is 19.5. The Hall–Kier alpha value is -6.02. The minimum atomic E-state index is -0.608. The van der Waals surface area contributed by atoms with Crippen LogP contribution in [0.4, 0.5) is 0 Å². The van der Waals surface area contributed by atoms with Crippen LogP contribution >= 0.6 is 0 Å². The summed E-state index contributed by atoms with van der Waals surface area (Å²) in [6, 6.07) is 38.0. The Labute approximate surface area is 326 Å². The van der Waals surface area contributed by atoms with Crippen molar-refractivity contribution in [2.24, 2.45) is 0 Å². The van der Waals surface area contributed by atoms with Crippen molar-refractivity contribution in [1.29, 1.82) is 0 Å². The Morgan fingerprint density at radius 3 is 0.855 bits per heavy atom. The van der Waals surface area contributed by atoms with Crippen LogP contribution in [0.25, 0.3) is 0 Å². The van der Waals surface area contributed by atoms with Crippen molar-refractivity contribution in [2.45, 2.75) is 90.9 Å². The molecule has 8 bridgehead atoms. The fraction of sp³-hybridized carbons (Fsp3) is 0.292. The molecule has 1 aliphatic rings. The number of aromatic amines is 4. The van der Waals surface area contributed by atoms with Gasteiger partial charge in [-0.25, -0.2) is 0 Å². The number of hydrogen-bond donors (Lipinski definition) is 4. The van der Waals surface area contributed by atoms with E-state index in [0.29, 0.717) is 0 Å². The number of Topliss-reactive ketones (excluding diaryl/α,β-unsaturated/α-hetero) is 2. The summed E-state index contributed by atoms with van der Waals surface area (Å²) in [7, 11) is 0. The van der Waals surface area contributed by atoms with Crippen molar-refractivity contribution >= 4 is 11.6 Å². The van der Waals surface area contributed by atoms with Crippen LogP contribution in [0, 0.1) is 23.7 Å². The molecule has 0 aliphatic carbocycles. The topological polar surface area (TPSA) is 129 Å². The second kappa shape index (κ2) is 16.6. The lowest BCUT2D eigenvalue weighted by atomic mass is 9.83. The maximum absolute atomic E-state index is 9.44. The monoisotopic (exact) mass is 734 g/mol. The molecule has 7 rings (SSSR count). The molecule has 0 saturated carbocycles. The Morgan fingerprint density at radius 1 is 0.400 bits per heavy atom. The van der Waals surface area contributed by atoms with Gasteiger partial charge in [0.25, 0.3) is 0 Å². The highest BCUT2D eigenvalue weighted by Crippen LogP contribution is 2.41. The van der Waals surface area contributed by atoms with Gasteiger partial charge in [0.15, 0.2) is 0 Å². The Kier molecular flexibility index (Phi) is 12.6. The van der Waals surface area contributed by atoms with E-state index in [1.165, 1.54) is 27.7 Å². The van der Waals surface area contributed by atoms with E-state index in [0.717, 1.165) is 56.7 Å². The predicted octanol–water partition coefficient (Wildman–Crippen LogP) is 9.05. The van der Waals surface area contributed by atoms with Gasteiger partial charge in [-0.1, -0.05) is 60.1 Å². The van der Waals surface area contributed by atoms with Gasteiger partial charge in [0.1, 0.15) is 22.4 Å². The molecule has 7 nitrogen and oxygen atoms in total. The van der Waals surface area contributed by atoms with E-state index >= 15 is 0 Å². The number of rotatable bonds is 0. The molecule has 0 saturated heterocycles. The van der Waals surface area contributed by atoms with E-state index in [1.54, 1.807) is 0 Å². The normalized spacial score (nSPS) is 18.5. The maximum atomic E-state index is 9.44. The van der Waals surface area contributed by atoms with Crippen molar-refractivity contribution in [1.82, 2.24) is 19.9 Å². The molecule has 4 aromatic heterocycles. The number of nitrogens with one attached hydrogen (secondary N) is 4. The van der Waals surface area contributed by atoms with Gasteiger partial charge < -0.3 is 35.0 Å². The molecule has 2 aromatic carbocycles. The lowest BCUT2D eigenvalue weighted by Crippen LogP contribution is -2.27. The molecule has 284 valence electrons. The van der Waals surface area contributed by atoms with Gasteiger partial charge in [0.2, 0.25) is 0 Å². The zero-order valence-corrected chi connectivity index (χ0v) is 33.7. The third-order valence-electron chi connectivity index (χ3n) is 10.1. The van der Waals surface area contributed by atoms with Crippen LogP contribution in [0.15, 0.2) is 109 Å². The fourth-order valence-corrected chi connectivity index (χ4v) is 6.49. The van der Waals surface area contributed by atoms with Crippen molar-refractivity contribution in [3.05, 3.63) is 166 Å². The van der Waals surface area contributed by atoms with E-state index in [4.69, 9.17) is 0 Å². The lowest BCUT2D eigenvalue weighted by Gasteiger charge is -2.28. The van der Waals surface area contributed by atoms with Crippen LogP contribution in [-0.2, 0) is 31.2 Å². The molecule has 55 heavy (non-hydrogen) atoms. The fourth-order valence-electron chi connectivity index (χ4n) is 6.49. The van der Waals surface area contributed by atoms with Crippen LogP contribution in [-0.4, -0.2) is 37.0 Å². The molecular weight excluding hydrogens is 681 g/mol. The van der Waals surface area contributed by atoms with Gasteiger partial charge >= 0.3 is 0 Å². The van der Waals surface area contributed by atoms with Gasteiger partial charge in [-0.05, 0) is 142 Å². The van der Waals surface area contributed by atoms with Crippen LogP contribution in [0.3, 0.4) is 0 Å². The minimum Gasteiger partial charge on any atom is -0.412 e. The summed E-state index contributed by atoms with van der Waals surface area (Å²) in [6.07, 6.45) is 0. The van der Waals surface area contributed by atoms with Gasteiger partial charge in [-0.3, -0.25) is 0 Å². The van der Waals surface area contributed by atoms with Crippen molar-refractivity contribution in [2.75, 3.05) is 0 Å². The molecule has 0 atom stereocenters. The number of ketones is 2. The molecule has 1 aliphatic heterocycles. The molecular formula is C48H54N4O3. The predicted molar refractivity (Wildman–Crippen MR) is 223 cm³/mol. The number of carbonyl (C=O) groups is 2. The first-order chi connectivity index (χ1) is 25.5. The Morgan fingerprint density at radius 2 is 0.618 bits per heavy atom. The average molecular weight is 735 g/mol. The zero-order chi connectivity index (χ0) is 39.3. The SMILES string of the molecule is CC(C)=O.CC(C)=O.CC1(C)c2ccc([nH]2)C(C)(C#Cc2ccccc2)c2ccc([nH]2)C(C)(C)c2ccc([nH]2)C(C)(C#Cc2ccccc2)c2ccc1[nH]2.O. The van der Waals surface area contributed by atoms with Gasteiger partial charge in [-0.2, -0.15) is 0 Å². The van der Waals surface area contributed by atoms with E-state index in [9.17, 15) is 9.59 Å². The summed E-state index contributed by atoms with van der Waals surface area (Å²) in [4.78, 5) is 34.2. The molecule has 0 spiro atoms. The average Bonchev–Trinajstić information content (AvgIpc) is 3.96. The molecule has 6 aromatic rings. The van der Waals surface area contributed by atoms with Crippen LogP contribution in [0.5, 0.6) is 0 Å². The van der Waals surface area contributed by atoms with Crippen molar-refractivity contribution < 1.29 is 15.1 Å². The van der Waals surface area contributed by atoms with E-state index < -0.39 is 10.8 Å². The smallest absolute Gasteiger partial charge is 0.126 e. The molecule has 0 fully saturated rings. The Balaban J connectivity index is 0.000000684. The second-order valence-corrected chi connectivity index (χ2v) is 15.7. The number of benzene rings is 2. The van der Waals surface area contributed by atoms with Crippen molar-refractivity contribution in [3.63, 3.8) is 0 Å². The number of aromatic nitrogens is 4. The number of hydrogen-bond acceptors (Lipinski definition) is 2. The lowest BCUT2D eigenvalue weighted by molar-refractivity contribution is -0.115. The third-order valence-corrected chi connectivity index (χ3v) is 10.1. The van der Waals surface area contributed by atoms with E-state index in [-0.39, 0.29) is 27.9 Å². The Bertz CT molecular complexity index is 2090. The van der Waals surface area contributed by atoms with Gasteiger partial charge in [-0.15, -0.1) is 0 Å². The highest BCUT2D eigenvalue weighted by Gasteiger charge is 2.38. The summed E-state index contributed by atoms with van der Waals surface area (Å²) in [5, 5.41) is 0. The molecule has 0 unspecified atom stereocenters. The quantitative estimate of drug-likeness (QED) is 0.116. The highest BCUT2D eigenvalue weighted by atomic mass is 16.1. The summed E-state index contributed by atoms with van der Waals surface area (Å²) >= 11 is 0. The van der Waals surface area contributed by atoms with E-state index in [1.807, 2.05) is 36.4 Å². The molecule has 0 amide bonds. The molecule has 7 heteroatoms. The number of H-pyrrole nitrogens is 4. The maximum Gasteiger partial charge on any atom is 0.126 e. The van der Waals surface area contributed by atoms with Crippen molar-refractivity contribution in [3.8, 4) is 23.7 Å². The minimum absolute atomic E-state index is 0. The zero-order valence-electron chi connectivity index (χ0n) is 33.7. The third kappa shape index (κ3) is 9.03. The summed E-state index contributed by atoms with van der Waals surface area (Å²) in [5.74, 6) is 14.6. The van der Waals surface area contributed by atoms with Crippen LogP contribution < -0.4 is 0 Å². The number of fused-ring (bicyclic) bond motifs is 8. The molecule has 0 radical (unpaired) electrons. The van der Waals surface area contributed by atoms with Gasteiger partial charge in [0, 0.05) is 67.5 Å². The molecule has 5 heterocycles. The first-order valence-electron chi connectivity index (χ1n) is 18.4. The summed E-state index contributed by atoms with van der Waals surface area (Å²) in [5.41, 5.74) is 8.74. The number of carbonyl (C=O) groups excluding carboxylic acids is 2. The van der Waals surface area contributed by atoms with Crippen LogP contribution in [0.1, 0.15) is 126 Å².